The number of fused-ring (bicyclic) bond motifs is 2. The monoisotopic (exact) mass is 830 g/mol. The first-order valence-electron chi connectivity index (χ1n) is 13.9. The number of aliphatic hydroxyl groups is 1. The Bertz CT molecular complexity index is 2020. The van der Waals surface area contributed by atoms with Crippen molar-refractivity contribution in [1.29, 1.82) is 0 Å². The van der Waals surface area contributed by atoms with Gasteiger partial charge in [0.25, 0.3) is 0 Å². The highest BCUT2D eigenvalue weighted by atomic mass is 79.9. The van der Waals surface area contributed by atoms with Crippen LogP contribution in [0.1, 0.15) is 31.8 Å². The van der Waals surface area contributed by atoms with Crippen molar-refractivity contribution < 1.29 is 45.7 Å². The summed E-state index contributed by atoms with van der Waals surface area (Å²) in [5.41, 5.74) is -1.49. The van der Waals surface area contributed by atoms with Crippen LogP contribution in [0.15, 0.2) is 106 Å². The largest absolute Gasteiger partial charge is 0.490 e. The molecule has 2 aromatic heterocycles. The first-order valence-corrected chi connectivity index (χ1v) is 17.1. The second-order valence-electron chi connectivity index (χ2n) is 10.1. The van der Waals surface area contributed by atoms with E-state index in [-0.39, 0.29) is 30.5 Å². The van der Waals surface area contributed by atoms with Gasteiger partial charge in [0.05, 0.1) is 20.9 Å². The molecule has 0 aliphatic rings. The summed E-state index contributed by atoms with van der Waals surface area (Å²) in [5.74, 6) is 0.260. The van der Waals surface area contributed by atoms with E-state index >= 15 is 0 Å². The fraction of sp³-hybridized carbons (Fsp3) is 0.147. The number of hydrogen-bond donors (Lipinski definition) is 1. The molecule has 250 valence electrons. The Labute approximate surface area is 294 Å². The molecule has 0 bridgehead atoms. The SMILES string of the molecule is O=C(COc1ccc(C(F)(F)F)cc1)c1sc2ccccc2c1Br.OC(COc1ccc(C(F)(F)F)cc1)c1sc2ccccc2c1Br. The topological polar surface area (TPSA) is 55.8 Å². The Kier molecular flexibility index (Phi) is 11.2. The molecule has 0 spiro atoms. The standard InChI is InChI=1S/C17H12BrF3O2S.C17H10BrF3O2S/c2*18-15-12-3-1-2-4-14(12)24-16(15)13(22)9-23-11-7-5-10(6-8-11)17(19,20)21/h1-8,13,22H,9H2;1-8H,9H2. The first-order chi connectivity index (χ1) is 22.7. The van der Waals surface area contributed by atoms with Crippen molar-refractivity contribution in [3.63, 3.8) is 0 Å². The van der Waals surface area contributed by atoms with Gasteiger partial charge in [-0.3, -0.25) is 4.79 Å². The van der Waals surface area contributed by atoms with Crippen LogP contribution in [-0.2, 0) is 12.4 Å². The quantitative estimate of drug-likeness (QED) is 0.123. The van der Waals surface area contributed by atoms with Crippen molar-refractivity contribution in [2.45, 2.75) is 18.5 Å². The molecular formula is C34H22Br2F6O4S2. The predicted molar refractivity (Wildman–Crippen MR) is 182 cm³/mol. The lowest BCUT2D eigenvalue weighted by molar-refractivity contribution is -0.138. The Hall–Kier alpha value is -3.43. The van der Waals surface area contributed by atoms with Crippen molar-refractivity contribution >= 4 is 80.5 Å². The second kappa shape index (κ2) is 15.0. The number of Topliss-reactive ketones (excluding diaryl/α,β-unsaturated/α-hetero) is 1. The molecular weight excluding hydrogens is 810 g/mol. The maximum atomic E-state index is 12.5. The van der Waals surface area contributed by atoms with E-state index in [4.69, 9.17) is 9.47 Å². The number of alkyl halides is 6. The third-order valence-corrected chi connectivity index (χ3v) is 11.5. The highest BCUT2D eigenvalue weighted by Crippen LogP contribution is 2.40. The zero-order chi connectivity index (χ0) is 34.6. The van der Waals surface area contributed by atoms with Crippen LogP contribution < -0.4 is 9.47 Å². The normalized spacial score (nSPS) is 12.4. The van der Waals surface area contributed by atoms with Crippen LogP contribution in [0.3, 0.4) is 0 Å². The number of carbonyl (C=O) groups is 1. The van der Waals surface area contributed by atoms with Crippen LogP contribution in [0.25, 0.3) is 20.2 Å². The molecule has 6 rings (SSSR count). The van der Waals surface area contributed by atoms with Gasteiger partial charge in [0.1, 0.15) is 24.2 Å². The molecule has 0 radical (unpaired) electrons. The Morgan fingerprint density at radius 3 is 1.60 bits per heavy atom. The summed E-state index contributed by atoms with van der Waals surface area (Å²) < 4.78 is 89.3. The molecule has 0 saturated carbocycles. The minimum absolute atomic E-state index is 0.0449. The van der Waals surface area contributed by atoms with Crippen molar-refractivity contribution in [2.75, 3.05) is 13.2 Å². The fourth-order valence-corrected chi connectivity index (χ4v) is 8.40. The summed E-state index contributed by atoms with van der Waals surface area (Å²) in [6.07, 6.45) is -9.64. The molecule has 0 amide bonds. The number of ketones is 1. The molecule has 14 heteroatoms. The van der Waals surface area contributed by atoms with Crippen LogP contribution in [0.4, 0.5) is 26.3 Å². The van der Waals surface area contributed by atoms with E-state index in [0.29, 0.717) is 9.35 Å². The lowest BCUT2D eigenvalue weighted by Crippen LogP contribution is -2.11. The molecule has 1 atom stereocenters. The summed E-state index contributed by atoms with van der Waals surface area (Å²) in [5, 5.41) is 12.3. The van der Waals surface area contributed by atoms with Crippen LogP contribution in [0, 0.1) is 0 Å². The minimum Gasteiger partial charge on any atom is -0.490 e. The number of benzene rings is 4. The van der Waals surface area contributed by atoms with E-state index in [0.717, 1.165) is 53.8 Å². The van der Waals surface area contributed by atoms with Gasteiger partial charge >= 0.3 is 12.4 Å². The molecule has 4 nitrogen and oxygen atoms in total. The van der Waals surface area contributed by atoms with Gasteiger partial charge in [-0.25, -0.2) is 0 Å². The van der Waals surface area contributed by atoms with Crippen molar-refractivity contribution in [2.24, 2.45) is 0 Å². The number of aliphatic hydroxyl groups excluding tert-OH is 1. The van der Waals surface area contributed by atoms with Crippen molar-refractivity contribution in [3.8, 4) is 11.5 Å². The summed E-state index contributed by atoms with van der Waals surface area (Å²) in [6, 6.07) is 24.0. The van der Waals surface area contributed by atoms with E-state index in [2.05, 4.69) is 31.9 Å². The average Bonchev–Trinajstić information content (AvgIpc) is 3.59. The third-order valence-electron chi connectivity index (χ3n) is 6.79. The van der Waals surface area contributed by atoms with Crippen molar-refractivity contribution in [1.82, 2.24) is 0 Å². The number of rotatable bonds is 8. The second-order valence-corrected chi connectivity index (χ2v) is 13.8. The molecule has 2 heterocycles. The van der Waals surface area contributed by atoms with Crippen molar-refractivity contribution in [3.05, 3.63) is 127 Å². The zero-order valence-corrected chi connectivity index (χ0v) is 29.0. The molecule has 0 aliphatic heterocycles. The van der Waals surface area contributed by atoms with Gasteiger partial charge in [0, 0.05) is 29.1 Å². The van der Waals surface area contributed by atoms with Crippen LogP contribution >= 0.6 is 54.5 Å². The van der Waals surface area contributed by atoms with Crippen LogP contribution in [0.5, 0.6) is 11.5 Å². The van der Waals surface area contributed by atoms with E-state index in [1.54, 1.807) is 0 Å². The highest BCUT2D eigenvalue weighted by molar-refractivity contribution is 9.11. The maximum Gasteiger partial charge on any atom is 0.416 e. The number of carbonyl (C=O) groups excluding carboxylic acids is 1. The molecule has 48 heavy (non-hydrogen) atoms. The molecule has 1 N–H and O–H groups in total. The summed E-state index contributed by atoms with van der Waals surface area (Å²) in [4.78, 5) is 13.6. The summed E-state index contributed by atoms with van der Waals surface area (Å²) >= 11 is 9.69. The summed E-state index contributed by atoms with van der Waals surface area (Å²) in [6.45, 7) is -0.284. The Balaban J connectivity index is 0.000000188. The lowest BCUT2D eigenvalue weighted by Gasteiger charge is -2.12. The molecule has 0 saturated heterocycles. The lowest BCUT2D eigenvalue weighted by atomic mass is 10.2. The van der Waals surface area contributed by atoms with Gasteiger partial charge in [0.15, 0.2) is 6.61 Å². The Morgan fingerprint density at radius 2 is 1.12 bits per heavy atom. The van der Waals surface area contributed by atoms with E-state index < -0.39 is 29.6 Å². The molecule has 0 fully saturated rings. The van der Waals surface area contributed by atoms with Gasteiger partial charge in [0.2, 0.25) is 5.78 Å². The molecule has 4 aromatic carbocycles. The van der Waals surface area contributed by atoms with Gasteiger partial charge in [-0.15, -0.1) is 22.7 Å². The summed E-state index contributed by atoms with van der Waals surface area (Å²) in [7, 11) is 0. The van der Waals surface area contributed by atoms with E-state index in [9.17, 15) is 36.2 Å². The molecule has 6 aromatic rings. The van der Waals surface area contributed by atoms with Gasteiger partial charge in [-0.05, 0) is 92.5 Å². The predicted octanol–water partition coefficient (Wildman–Crippen LogP) is 11.7. The average molecular weight is 832 g/mol. The zero-order valence-electron chi connectivity index (χ0n) is 24.2. The third kappa shape index (κ3) is 8.58. The maximum absolute atomic E-state index is 12.5. The van der Waals surface area contributed by atoms with E-state index in [1.807, 2.05) is 48.5 Å². The van der Waals surface area contributed by atoms with Gasteiger partial charge in [-0.1, -0.05) is 36.4 Å². The smallest absolute Gasteiger partial charge is 0.416 e. The number of hydrogen-bond acceptors (Lipinski definition) is 6. The van der Waals surface area contributed by atoms with Gasteiger partial charge in [-0.2, -0.15) is 26.3 Å². The highest BCUT2D eigenvalue weighted by Gasteiger charge is 2.31. The van der Waals surface area contributed by atoms with E-state index in [1.165, 1.54) is 46.9 Å². The fourth-order valence-electron chi connectivity index (χ4n) is 4.39. The minimum atomic E-state index is -4.39. The van der Waals surface area contributed by atoms with Crippen LogP contribution in [0.2, 0.25) is 0 Å². The number of ether oxygens (including phenoxy) is 2. The first kappa shape index (κ1) is 35.9. The molecule has 1 unspecified atom stereocenters. The number of halogens is 8. The molecule has 0 aliphatic carbocycles. The number of thiophene rings is 2. The van der Waals surface area contributed by atoms with Crippen LogP contribution in [-0.4, -0.2) is 24.1 Å². The van der Waals surface area contributed by atoms with Gasteiger partial charge < -0.3 is 14.6 Å². The Morgan fingerprint density at radius 1 is 0.667 bits per heavy atom.